The summed E-state index contributed by atoms with van der Waals surface area (Å²) in [6.45, 7) is 5.79. The summed E-state index contributed by atoms with van der Waals surface area (Å²) < 4.78 is 5.43. The third kappa shape index (κ3) is 5.04. The van der Waals surface area contributed by atoms with Gasteiger partial charge in [-0.15, -0.1) is 11.8 Å². The smallest absolute Gasteiger partial charge is 0.138 e. The molecule has 0 spiro atoms. The fourth-order valence-electron chi connectivity index (χ4n) is 0.983. The van der Waals surface area contributed by atoms with Crippen molar-refractivity contribution in [1.82, 2.24) is 4.98 Å². The van der Waals surface area contributed by atoms with Crippen LogP contribution in [0, 0.1) is 0 Å². The molecule has 1 heterocycles. The van der Waals surface area contributed by atoms with Crippen LogP contribution < -0.4 is 4.74 Å². The standard InChI is InChI=1S/C11H17NO2S/c1-4-15-10-5-9(6-12-7-10)14-8-11(2,3)13/h5-7,13H,4,8H2,1-3H3. The van der Waals surface area contributed by atoms with Crippen molar-refractivity contribution in [1.29, 1.82) is 0 Å². The molecule has 0 unspecified atom stereocenters. The number of pyridine rings is 1. The van der Waals surface area contributed by atoms with Crippen LogP contribution in [0.1, 0.15) is 20.8 Å². The minimum atomic E-state index is -0.812. The molecule has 0 saturated carbocycles. The fraction of sp³-hybridized carbons (Fsp3) is 0.545. The van der Waals surface area contributed by atoms with Gasteiger partial charge in [0.05, 0.1) is 11.8 Å². The summed E-state index contributed by atoms with van der Waals surface area (Å²) in [6, 6.07) is 1.94. The van der Waals surface area contributed by atoms with Crippen molar-refractivity contribution in [3.63, 3.8) is 0 Å². The van der Waals surface area contributed by atoms with Crippen molar-refractivity contribution in [3.05, 3.63) is 18.5 Å². The van der Waals surface area contributed by atoms with Gasteiger partial charge in [-0.1, -0.05) is 6.92 Å². The molecule has 0 aliphatic heterocycles. The maximum absolute atomic E-state index is 9.50. The first-order valence-electron chi connectivity index (χ1n) is 4.94. The molecule has 0 atom stereocenters. The molecule has 1 rings (SSSR count). The van der Waals surface area contributed by atoms with Gasteiger partial charge < -0.3 is 9.84 Å². The number of aliphatic hydroxyl groups is 1. The summed E-state index contributed by atoms with van der Waals surface area (Å²) in [6.07, 6.45) is 3.47. The molecule has 0 saturated heterocycles. The molecule has 1 N–H and O–H groups in total. The largest absolute Gasteiger partial charge is 0.489 e. The van der Waals surface area contributed by atoms with Gasteiger partial charge in [0, 0.05) is 11.1 Å². The van der Waals surface area contributed by atoms with Crippen LogP contribution in [-0.4, -0.2) is 28.1 Å². The van der Waals surface area contributed by atoms with Gasteiger partial charge in [-0.05, 0) is 25.7 Å². The van der Waals surface area contributed by atoms with Gasteiger partial charge in [0.15, 0.2) is 0 Å². The lowest BCUT2D eigenvalue weighted by molar-refractivity contribution is 0.0283. The van der Waals surface area contributed by atoms with Crippen molar-refractivity contribution < 1.29 is 9.84 Å². The van der Waals surface area contributed by atoms with Crippen LogP contribution in [0.5, 0.6) is 5.75 Å². The molecular weight excluding hydrogens is 210 g/mol. The van der Waals surface area contributed by atoms with Crippen molar-refractivity contribution in [2.45, 2.75) is 31.3 Å². The van der Waals surface area contributed by atoms with Crippen LogP contribution in [0.25, 0.3) is 0 Å². The number of rotatable bonds is 5. The van der Waals surface area contributed by atoms with Crippen LogP contribution in [0.2, 0.25) is 0 Å². The fourth-order valence-corrected chi connectivity index (χ4v) is 1.65. The zero-order chi connectivity index (χ0) is 11.3. The highest BCUT2D eigenvalue weighted by atomic mass is 32.2. The Kier molecular flexibility index (Phi) is 4.42. The number of ether oxygens (including phenoxy) is 1. The first kappa shape index (κ1) is 12.3. The van der Waals surface area contributed by atoms with Crippen molar-refractivity contribution in [3.8, 4) is 5.75 Å². The molecule has 0 amide bonds. The second-order valence-electron chi connectivity index (χ2n) is 3.89. The predicted molar refractivity (Wildman–Crippen MR) is 62.4 cm³/mol. The number of nitrogens with zero attached hydrogens (tertiary/aromatic N) is 1. The molecule has 0 radical (unpaired) electrons. The van der Waals surface area contributed by atoms with Gasteiger partial charge in [0.1, 0.15) is 12.4 Å². The monoisotopic (exact) mass is 227 g/mol. The molecule has 0 aliphatic rings. The Balaban J connectivity index is 2.57. The molecule has 0 aliphatic carbocycles. The van der Waals surface area contributed by atoms with E-state index in [-0.39, 0.29) is 6.61 Å². The van der Waals surface area contributed by atoms with E-state index in [0.29, 0.717) is 5.75 Å². The van der Waals surface area contributed by atoms with E-state index in [4.69, 9.17) is 4.74 Å². The summed E-state index contributed by atoms with van der Waals surface area (Å²) in [5, 5.41) is 9.50. The Morgan fingerprint density at radius 1 is 1.47 bits per heavy atom. The Hall–Kier alpha value is -0.740. The van der Waals surface area contributed by atoms with Crippen LogP contribution >= 0.6 is 11.8 Å². The molecule has 1 aromatic rings. The average molecular weight is 227 g/mol. The topological polar surface area (TPSA) is 42.4 Å². The van der Waals surface area contributed by atoms with Gasteiger partial charge in [0.2, 0.25) is 0 Å². The molecule has 3 nitrogen and oxygen atoms in total. The highest BCUT2D eigenvalue weighted by Gasteiger charge is 2.13. The molecule has 0 fully saturated rings. The molecule has 4 heteroatoms. The Morgan fingerprint density at radius 3 is 2.80 bits per heavy atom. The highest BCUT2D eigenvalue weighted by molar-refractivity contribution is 7.99. The third-order valence-corrected chi connectivity index (χ3v) is 2.44. The lowest BCUT2D eigenvalue weighted by Crippen LogP contribution is -2.27. The molecule has 84 valence electrons. The SMILES string of the molecule is CCSc1cncc(OCC(C)(C)O)c1. The quantitative estimate of drug-likeness (QED) is 0.784. The Morgan fingerprint density at radius 2 is 2.20 bits per heavy atom. The summed E-state index contributed by atoms with van der Waals surface area (Å²) >= 11 is 1.72. The molecule has 15 heavy (non-hydrogen) atoms. The van der Waals surface area contributed by atoms with E-state index in [1.165, 1.54) is 0 Å². The van der Waals surface area contributed by atoms with Crippen LogP contribution in [-0.2, 0) is 0 Å². The van der Waals surface area contributed by atoms with E-state index in [1.54, 1.807) is 31.8 Å². The van der Waals surface area contributed by atoms with Gasteiger partial charge >= 0.3 is 0 Å². The minimum Gasteiger partial charge on any atom is -0.489 e. The molecule has 0 bridgehead atoms. The van der Waals surface area contributed by atoms with E-state index in [2.05, 4.69) is 11.9 Å². The lowest BCUT2D eigenvalue weighted by atomic mass is 10.2. The first-order chi connectivity index (χ1) is 7.01. The van der Waals surface area contributed by atoms with Crippen molar-refractivity contribution >= 4 is 11.8 Å². The second kappa shape index (κ2) is 5.37. The van der Waals surface area contributed by atoms with Crippen LogP contribution in [0.4, 0.5) is 0 Å². The molecular formula is C11H17NO2S. The maximum Gasteiger partial charge on any atom is 0.138 e. The summed E-state index contributed by atoms with van der Waals surface area (Å²) in [7, 11) is 0. The normalized spacial score (nSPS) is 11.5. The molecule has 0 aromatic carbocycles. The number of thioether (sulfide) groups is 1. The number of hydrogen-bond donors (Lipinski definition) is 1. The van der Waals surface area contributed by atoms with Gasteiger partial charge in [0.25, 0.3) is 0 Å². The zero-order valence-corrected chi connectivity index (χ0v) is 10.2. The van der Waals surface area contributed by atoms with Crippen molar-refractivity contribution in [2.24, 2.45) is 0 Å². The molecule has 1 aromatic heterocycles. The highest BCUT2D eigenvalue weighted by Crippen LogP contribution is 2.21. The maximum atomic E-state index is 9.50. The van der Waals surface area contributed by atoms with E-state index in [0.717, 1.165) is 10.6 Å². The van der Waals surface area contributed by atoms with E-state index in [1.807, 2.05) is 12.3 Å². The third-order valence-electron chi connectivity index (χ3n) is 1.59. The Labute approximate surface area is 94.9 Å². The summed E-state index contributed by atoms with van der Waals surface area (Å²) in [4.78, 5) is 5.17. The van der Waals surface area contributed by atoms with E-state index >= 15 is 0 Å². The predicted octanol–water partition coefficient (Wildman–Crippen LogP) is 2.34. The zero-order valence-electron chi connectivity index (χ0n) is 9.36. The van der Waals surface area contributed by atoms with Gasteiger partial charge in [-0.25, -0.2) is 0 Å². The van der Waals surface area contributed by atoms with Crippen molar-refractivity contribution in [2.75, 3.05) is 12.4 Å². The lowest BCUT2D eigenvalue weighted by Gasteiger charge is -2.17. The summed E-state index contributed by atoms with van der Waals surface area (Å²) in [5.41, 5.74) is -0.812. The van der Waals surface area contributed by atoms with E-state index < -0.39 is 5.60 Å². The number of aromatic nitrogens is 1. The second-order valence-corrected chi connectivity index (χ2v) is 5.23. The van der Waals surface area contributed by atoms with Gasteiger partial charge in [-0.2, -0.15) is 0 Å². The van der Waals surface area contributed by atoms with Gasteiger partial charge in [-0.3, -0.25) is 4.98 Å². The minimum absolute atomic E-state index is 0.273. The first-order valence-corrected chi connectivity index (χ1v) is 5.93. The van der Waals surface area contributed by atoms with Crippen LogP contribution in [0.15, 0.2) is 23.4 Å². The number of hydrogen-bond acceptors (Lipinski definition) is 4. The average Bonchev–Trinajstić information content (AvgIpc) is 2.15. The van der Waals surface area contributed by atoms with E-state index in [9.17, 15) is 5.11 Å². The summed E-state index contributed by atoms with van der Waals surface area (Å²) in [5.74, 6) is 1.71. The Bertz CT molecular complexity index is 310. The van der Waals surface area contributed by atoms with Crippen LogP contribution in [0.3, 0.4) is 0 Å².